The maximum absolute atomic E-state index is 11.0. The zero-order chi connectivity index (χ0) is 18.5. The molecular formula is C18H14Cl2N4O2. The second-order valence-corrected chi connectivity index (χ2v) is 6.00. The lowest BCUT2D eigenvalue weighted by molar-refractivity contribution is -0.129. The fourth-order valence-electron chi connectivity index (χ4n) is 2.40. The van der Waals surface area contributed by atoms with Crippen LogP contribution in [0.4, 0.5) is 5.69 Å². The van der Waals surface area contributed by atoms with Crippen LogP contribution in [0.3, 0.4) is 0 Å². The molecule has 2 N–H and O–H groups in total. The second kappa shape index (κ2) is 8.12. The van der Waals surface area contributed by atoms with Gasteiger partial charge >= 0.3 is 5.97 Å². The summed E-state index contributed by atoms with van der Waals surface area (Å²) in [7, 11) is 0. The quantitative estimate of drug-likeness (QED) is 0.477. The lowest BCUT2D eigenvalue weighted by Crippen LogP contribution is -2.26. The summed E-state index contributed by atoms with van der Waals surface area (Å²) in [5.41, 5.74) is 5.48. The number of amidine groups is 1. The number of alkyl halides is 1. The van der Waals surface area contributed by atoms with Gasteiger partial charge in [-0.05, 0) is 12.1 Å². The summed E-state index contributed by atoms with van der Waals surface area (Å²) in [6, 6.07) is 15.0. The van der Waals surface area contributed by atoms with Crippen molar-refractivity contribution >= 4 is 52.1 Å². The van der Waals surface area contributed by atoms with E-state index in [9.17, 15) is 4.79 Å². The monoisotopic (exact) mass is 388 g/mol. The van der Waals surface area contributed by atoms with Crippen LogP contribution in [0.1, 0.15) is 11.1 Å². The van der Waals surface area contributed by atoms with Gasteiger partial charge in [-0.1, -0.05) is 48.0 Å². The minimum atomic E-state index is -1.19. The maximum atomic E-state index is 11.0. The van der Waals surface area contributed by atoms with Crippen molar-refractivity contribution in [2.24, 2.45) is 15.1 Å². The molecule has 26 heavy (non-hydrogen) atoms. The zero-order valence-corrected chi connectivity index (χ0v) is 15.0. The van der Waals surface area contributed by atoms with Crippen molar-refractivity contribution in [1.29, 1.82) is 0 Å². The van der Waals surface area contributed by atoms with E-state index in [1.165, 1.54) is 0 Å². The number of hydrogen-bond donors (Lipinski definition) is 2. The van der Waals surface area contributed by atoms with E-state index in [1.807, 2.05) is 42.5 Å². The first-order valence-electron chi connectivity index (χ1n) is 7.68. The highest BCUT2D eigenvalue weighted by Gasteiger charge is 2.18. The number of nitrogens with zero attached hydrogens (tertiary/aromatic N) is 3. The van der Waals surface area contributed by atoms with Crippen LogP contribution < -0.4 is 5.43 Å². The number of nitrogens with one attached hydrogen (secondary N) is 1. The van der Waals surface area contributed by atoms with Crippen molar-refractivity contribution in [2.45, 2.75) is 0 Å². The maximum Gasteiger partial charge on any atom is 0.353 e. The summed E-state index contributed by atoms with van der Waals surface area (Å²) in [5.74, 6) is -1.01. The third kappa shape index (κ3) is 3.92. The van der Waals surface area contributed by atoms with E-state index in [1.54, 1.807) is 6.07 Å². The number of para-hydroxylation sites is 1. The normalized spacial score (nSPS) is 14.0. The number of carboxylic acid groups (broad SMARTS) is 1. The summed E-state index contributed by atoms with van der Waals surface area (Å²) >= 11 is 11.9. The van der Waals surface area contributed by atoms with Crippen LogP contribution in [0.2, 0.25) is 5.02 Å². The van der Waals surface area contributed by atoms with Gasteiger partial charge in [0.05, 0.1) is 23.8 Å². The summed E-state index contributed by atoms with van der Waals surface area (Å²) in [6.45, 7) is 0.188. The van der Waals surface area contributed by atoms with Crippen LogP contribution in [0.25, 0.3) is 0 Å². The van der Waals surface area contributed by atoms with Crippen molar-refractivity contribution in [2.75, 3.05) is 12.4 Å². The molecule has 1 aliphatic heterocycles. The summed E-state index contributed by atoms with van der Waals surface area (Å²) < 4.78 is 0. The fraction of sp³-hybridized carbons (Fsp3) is 0.111. The van der Waals surface area contributed by atoms with Gasteiger partial charge in [-0.15, -0.1) is 11.6 Å². The van der Waals surface area contributed by atoms with Gasteiger partial charge in [0.25, 0.3) is 0 Å². The van der Waals surface area contributed by atoms with Gasteiger partial charge in [0.1, 0.15) is 5.84 Å². The molecule has 2 aromatic rings. The van der Waals surface area contributed by atoms with Crippen molar-refractivity contribution < 1.29 is 9.90 Å². The largest absolute Gasteiger partial charge is 0.477 e. The van der Waals surface area contributed by atoms with Crippen molar-refractivity contribution in [1.82, 2.24) is 5.43 Å². The summed E-state index contributed by atoms with van der Waals surface area (Å²) in [6.07, 6.45) is 0. The predicted molar refractivity (Wildman–Crippen MR) is 104 cm³/mol. The molecule has 1 heterocycles. The number of rotatable bonds is 4. The molecule has 132 valence electrons. The van der Waals surface area contributed by atoms with E-state index < -0.39 is 5.97 Å². The molecule has 0 fully saturated rings. The Bertz CT molecular complexity index is 938. The fourth-order valence-corrected chi connectivity index (χ4v) is 2.80. The highest BCUT2D eigenvalue weighted by Crippen LogP contribution is 2.27. The molecule has 0 spiro atoms. The average Bonchev–Trinajstić information content (AvgIpc) is 2.82. The van der Waals surface area contributed by atoms with E-state index in [4.69, 9.17) is 28.3 Å². The van der Waals surface area contributed by atoms with Gasteiger partial charge in [-0.3, -0.25) is 10.4 Å². The van der Waals surface area contributed by atoms with Crippen LogP contribution >= 0.6 is 23.2 Å². The van der Waals surface area contributed by atoms with E-state index >= 15 is 0 Å². The number of carbonyl (C=O) groups is 1. The Hall–Kier alpha value is -2.70. The molecule has 3 rings (SSSR count). The van der Waals surface area contributed by atoms with Gasteiger partial charge in [0.15, 0.2) is 5.71 Å². The van der Waals surface area contributed by atoms with Crippen molar-refractivity contribution in [3.05, 3.63) is 64.7 Å². The van der Waals surface area contributed by atoms with Gasteiger partial charge < -0.3 is 5.11 Å². The number of aliphatic imine (C=N–C) groups is 2. The average molecular weight is 389 g/mol. The van der Waals surface area contributed by atoms with Crippen LogP contribution in [0.5, 0.6) is 0 Å². The topological polar surface area (TPSA) is 86.4 Å². The van der Waals surface area contributed by atoms with E-state index in [-0.39, 0.29) is 18.1 Å². The molecule has 6 nitrogen and oxygen atoms in total. The molecule has 0 aromatic heterocycles. The van der Waals surface area contributed by atoms with Gasteiger partial charge in [0, 0.05) is 16.1 Å². The summed E-state index contributed by atoms with van der Waals surface area (Å²) in [5, 5.41) is 13.4. The Balaban J connectivity index is 2.01. The smallest absolute Gasteiger partial charge is 0.353 e. The molecule has 0 aliphatic carbocycles. The Kier molecular flexibility index (Phi) is 5.65. The number of hydrazone groups is 1. The minimum Gasteiger partial charge on any atom is -0.477 e. The number of halogens is 2. The Morgan fingerprint density at radius 1 is 1.15 bits per heavy atom. The third-order valence-corrected chi connectivity index (χ3v) is 4.21. The summed E-state index contributed by atoms with van der Waals surface area (Å²) in [4.78, 5) is 20.1. The van der Waals surface area contributed by atoms with Crippen LogP contribution in [-0.4, -0.2) is 40.8 Å². The first-order valence-corrected chi connectivity index (χ1v) is 8.59. The van der Waals surface area contributed by atoms with Crippen molar-refractivity contribution in [3.8, 4) is 0 Å². The molecule has 8 heteroatoms. The highest BCUT2D eigenvalue weighted by molar-refractivity contribution is 6.46. The Labute approximate surface area is 159 Å². The van der Waals surface area contributed by atoms with Gasteiger partial charge in [0.2, 0.25) is 0 Å². The number of benzene rings is 2. The standard InChI is InChI=1S/C18H14Cl2N4O2/c19-9-15(18(25)26)23-24-16-10-21-17(11-5-1-3-7-13(11)20)12-6-2-4-8-14(12)22-16/h1-8H,9-10H2,(H,22,24)(H,25,26). The van der Waals surface area contributed by atoms with Crippen LogP contribution in [-0.2, 0) is 4.79 Å². The Morgan fingerprint density at radius 3 is 2.54 bits per heavy atom. The molecule has 0 radical (unpaired) electrons. The lowest BCUT2D eigenvalue weighted by atomic mass is 10.0. The third-order valence-electron chi connectivity index (χ3n) is 3.62. The molecule has 0 saturated heterocycles. The SMILES string of the molecule is O=C(O)C(CCl)=NNC1=Nc2ccccc2C(c2ccccc2Cl)=NC1. The Morgan fingerprint density at radius 2 is 1.85 bits per heavy atom. The highest BCUT2D eigenvalue weighted by atomic mass is 35.5. The molecule has 0 saturated carbocycles. The second-order valence-electron chi connectivity index (χ2n) is 5.33. The lowest BCUT2D eigenvalue weighted by Gasteiger charge is -2.09. The van der Waals surface area contributed by atoms with Crippen LogP contribution in [0.15, 0.2) is 63.6 Å². The molecule has 0 amide bonds. The molecule has 1 aliphatic rings. The molecular weight excluding hydrogens is 375 g/mol. The number of hydrogen-bond acceptors (Lipinski definition) is 5. The number of fused-ring (bicyclic) bond motifs is 1. The van der Waals surface area contributed by atoms with Crippen LogP contribution in [0, 0.1) is 0 Å². The number of carboxylic acids is 1. The first kappa shape index (κ1) is 18.1. The zero-order valence-electron chi connectivity index (χ0n) is 13.5. The van der Waals surface area contributed by atoms with Crippen molar-refractivity contribution in [3.63, 3.8) is 0 Å². The van der Waals surface area contributed by atoms with E-state index in [0.29, 0.717) is 22.3 Å². The molecule has 0 bridgehead atoms. The number of aliphatic carboxylic acids is 1. The van der Waals surface area contributed by atoms with Gasteiger partial charge in [-0.25, -0.2) is 9.79 Å². The molecule has 2 aromatic carbocycles. The molecule has 0 atom stereocenters. The van der Waals surface area contributed by atoms with Gasteiger partial charge in [-0.2, -0.15) is 5.10 Å². The van der Waals surface area contributed by atoms with E-state index in [2.05, 4.69) is 20.5 Å². The predicted octanol–water partition coefficient (Wildman–Crippen LogP) is 3.49. The minimum absolute atomic E-state index is 0.188. The molecule has 0 unspecified atom stereocenters. The van der Waals surface area contributed by atoms with E-state index in [0.717, 1.165) is 11.1 Å². The first-order chi connectivity index (χ1) is 12.6.